The van der Waals surface area contributed by atoms with Crippen LogP contribution in [0.4, 0.5) is 4.39 Å². The highest BCUT2D eigenvalue weighted by Crippen LogP contribution is 2.39. The summed E-state index contributed by atoms with van der Waals surface area (Å²) < 4.78 is 14.9. The van der Waals surface area contributed by atoms with Crippen LogP contribution in [-0.4, -0.2) is 6.54 Å². The fraction of sp³-hybridized carbons (Fsp3) is 0.333. The average Bonchev–Trinajstić information content (AvgIpc) is 2.91. The number of hydrogen-bond donors (Lipinski definition) is 1. The lowest BCUT2D eigenvalue weighted by atomic mass is 9.96. The second-order valence-electron chi connectivity index (χ2n) is 5.52. The van der Waals surface area contributed by atoms with Gasteiger partial charge in [-0.3, -0.25) is 0 Å². The zero-order valence-corrected chi connectivity index (χ0v) is 13.7. The third kappa shape index (κ3) is 2.77. The number of rotatable bonds is 4. The van der Waals surface area contributed by atoms with Crippen molar-refractivity contribution in [1.82, 2.24) is 5.32 Å². The fourth-order valence-electron chi connectivity index (χ4n) is 3.15. The van der Waals surface area contributed by atoms with Gasteiger partial charge < -0.3 is 5.32 Å². The summed E-state index contributed by atoms with van der Waals surface area (Å²) in [5, 5.41) is 3.59. The standard InChI is InChI=1S/C18H19BrFN/c1-2-11-21-17-10-9-13-12(5-3-6-14(13)17)15-7-4-8-16(19)18(15)20/h3-8,17,21H,2,9-11H2,1H3. The van der Waals surface area contributed by atoms with Crippen LogP contribution < -0.4 is 5.32 Å². The predicted octanol–water partition coefficient (Wildman–Crippen LogP) is 5.24. The van der Waals surface area contributed by atoms with E-state index < -0.39 is 0 Å². The molecule has 0 heterocycles. The number of fused-ring (bicyclic) bond motifs is 1. The summed E-state index contributed by atoms with van der Waals surface area (Å²) in [7, 11) is 0. The van der Waals surface area contributed by atoms with Crippen molar-refractivity contribution in [3.8, 4) is 11.1 Å². The van der Waals surface area contributed by atoms with Gasteiger partial charge in [-0.25, -0.2) is 4.39 Å². The van der Waals surface area contributed by atoms with E-state index in [2.05, 4.69) is 34.2 Å². The summed E-state index contributed by atoms with van der Waals surface area (Å²) in [6, 6.07) is 12.2. The molecule has 0 saturated carbocycles. The third-order valence-corrected chi connectivity index (χ3v) is 4.77. The van der Waals surface area contributed by atoms with E-state index in [0.717, 1.165) is 31.4 Å². The lowest BCUT2D eigenvalue weighted by molar-refractivity contribution is 0.529. The van der Waals surface area contributed by atoms with E-state index in [9.17, 15) is 4.39 Å². The van der Waals surface area contributed by atoms with Gasteiger partial charge in [-0.2, -0.15) is 0 Å². The Morgan fingerprint density at radius 3 is 2.76 bits per heavy atom. The van der Waals surface area contributed by atoms with Crippen LogP contribution in [0.1, 0.15) is 36.9 Å². The highest BCUT2D eigenvalue weighted by Gasteiger charge is 2.25. The largest absolute Gasteiger partial charge is 0.310 e. The van der Waals surface area contributed by atoms with E-state index in [1.54, 1.807) is 6.07 Å². The first-order valence-electron chi connectivity index (χ1n) is 7.52. The van der Waals surface area contributed by atoms with E-state index in [1.807, 2.05) is 24.3 Å². The first kappa shape index (κ1) is 14.7. The summed E-state index contributed by atoms with van der Waals surface area (Å²) in [6.45, 7) is 3.20. The molecule has 0 bridgehead atoms. The molecule has 2 aromatic carbocycles. The molecule has 1 nitrogen and oxygen atoms in total. The van der Waals surface area contributed by atoms with Crippen molar-refractivity contribution in [3.05, 3.63) is 57.8 Å². The minimum Gasteiger partial charge on any atom is -0.310 e. The lowest BCUT2D eigenvalue weighted by Crippen LogP contribution is -2.19. The molecule has 0 aliphatic heterocycles. The van der Waals surface area contributed by atoms with Crippen molar-refractivity contribution in [3.63, 3.8) is 0 Å². The maximum absolute atomic E-state index is 14.4. The second kappa shape index (κ2) is 6.29. The molecular weight excluding hydrogens is 329 g/mol. The third-order valence-electron chi connectivity index (χ3n) is 4.15. The molecule has 2 aromatic rings. The van der Waals surface area contributed by atoms with E-state index in [0.29, 0.717) is 16.1 Å². The molecule has 0 fully saturated rings. The van der Waals surface area contributed by atoms with Crippen molar-refractivity contribution in [2.45, 2.75) is 32.2 Å². The first-order chi connectivity index (χ1) is 10.2. The first-order valence-corrected chi connectivity index (χ1v) is 8.31. The summed E-state index contributed by atoms with van der Waals surface area (Å²) in [6.07, 6.45) is 3.24. The molecule has 0 amide bonds. The minimum absolute atomic E-state index is 0.170. The van der Waals surface area contributed by atoms with Crippen LogP contribution in [0.3, 0.4) is 0 Å². The predicted molar refractivity (Wildman–Crippen MR) is 88.9 cm³/mol. The fourth-order valence-corrected chi connectivity index (χ4v) is 3.52. The van der Waals surface area contributed by atoms with Crippen molar-refractivity contribution in [2.75, 3.05) is 6.54 Å². The zero-order valence-electron chi connectivity index (χ0n) is 12.1. The SMILES string of the molecule is CCCNC1CCc2c(-c3cccc(Br)c3F)cccc21. The van der Waals surface area contributed by atoms with Crippen LogP contribution >= 0.6 is 15.9 Å². The number of nitrogens with one attached hydrogen (secondary N) is 1. The molecule has 3 heteroatoms. The molecular formula is C18H19BrFN. The summed E-state index contributed by atoms with van der Waals surface area (Å²) in [5.74, 6) is -0.170. The Bertz CT molecular complexity index is 654. The van der Waals surface area contributed by atoms with Gasteiger partial charge in [0.05, 0.1) is 4.47 Å². The van der Waals surface area contributed by atoms with Gasteiger partial charge in [-0.15, -0.1) is 0 Å². The molecule has 1 N–H and O–H groups in total. The summed E-state index contributed by atoms with van der Waals surface area (Å²) >= 11 is 3.28. The van der Waals surface area contributed by atoms with Crippen molar-refractivity contribution >= 4 is 15.9 Å². The Morgan fingerprint density at radius 2 is 1.95 bits per heavy atom. The van der Waals surface area contributed by atoms with Gasteiger partial charge >= 0.3 is 0 Å². The van der Waals surface area contributed by atoms with Crippen LogP contribution in [0.15, 0.2) is 40.9 Å². The molecule has 0 radical (unpaired) electrons. The molecule has 21 heavy (non-hydrogen) atoms. The number of benzene rings is 2. The lowest BCUT2D eigenvalue weighted by Gasteiger charge is -2.15. The number of hydrogen-bond acceptors (Lipinski definition) is 1. The Hall–Kier alpha value is -1.19. The molecule has 1 aliphatic carbocycles. The smallest absolute Gasteiger partial charge is 0.145 e. The summed E-state index contributed by atoms with van der Waals surface area (Å²) in [4.78, 5) is 0. The van der Waals surface area contributed by atoms with Gasteiger partial charge in [0.2, 0.25) is 0 Å². The highest BCUT2D eigenvalue weighted by molar-refractivity contribution is 9.10. The van der Waals surface area contributed by atoms with Crippen molar-refractivity contribution in [2.24, 2.45) is 0 Å². The Balaban J connectivity index is 2.03. The van der Waals surface area contributed by atoms with Crippen LogP contribution in [0.2, 0.25) is 0 Å². The second-order valence-corrected chi connectivity index (χ2v) is 6.37. The Labute approximate surface area is 133 Å². The zero-order chi connectivity index (χ0) is 14.8. The molecule has 110 valence electrons. The quantitative estimate of drug-likeness (QED) is 0.797. The van der Waals surface area contributed by atoms with E-state index in [-0.39, 0.29) is 5.82 Å². The van der Waals surface area contributed by atoms with Gasteiger partial charge in [-0.1, -0.05) is 37.3 Å². The molecule has 1 atom stereocenters. The van der Waals surface area contributed by atoms with E-state index in [4.69, 9.17) is 0 Å². The van der Waals surface area contributed by atoms with Crippen LogP contribution in [0.25, 0.3) is 11.1 Å². The summed E-state index contributed by atoms with van der Waals surface area (Å²) in [5.41, 5.74) is 4.35. The average molecular weight is 348 g/mol. The number of halogens is 2. The molecule has 0 spiro atoms. The van der Waals surface area contributed by atoms with Gasteiger partial charge in [0, 0.05) is 11.6 Å². The van der Waals surface area contributed by atoms with Crippen molar-refractivity contribution < 1.29 is 4.39 Å². The maximum atomic E-state index is 14.4. The van der Waals surface area contributed by atoms with Gasteiger partial charge in [0.15, 0.2) is 0 Å². The molecule has 1 unspecified atom stereocenters. The van der Waals surface area contributed by atoms with E-state index >= 15 is 0 Å². The topological polar surface area (TPSA) is 12.0 Å². The van der Waals surface area contributed by atoms with Gasteiger partial charge in [-0.05, 0) is 64.5 Å². The Kier molecular flexibility index (Phi) is 4.41. The van der Waals surface area contributed by atoms with Crippen LogP contribution in [-0.2, 0) is 6.42 Å². The van der Waals surface area contributed by atoms with Crippen LogP contribution in [0, 0.1) is 5.82 Å². The highest BCUT2D eigenvalue weighted by atomic mass is 79.9. The van der Waals surface area contributed by atoms with Crippen LogP contribution in [0.5, 0.6) is 0 Å². The van der Waals surface area contributed by atoms with E-state index in [1.165, 1.54) is 11.1 Å². The Morgan fingerprint density at radius 1 is 1.19 bits per heavy atom. The van der Waals surface area contributed by atoms with Crippen molar-refractivity contribution in [1.29, 1.82) is 0 Å². The van der Waals surface area contributed by atoms with Gasteiger partial charge in [0.25, 0.3) is 0 Å². The molecule has 1 aliphatic rings. The monoisotopic (exact) mass is 347 g/mol. The molecule has 0 saturated heterocycles. The maximum Gasteiger partial charge on any atom is 0.145 e. The minimum atomic E-state index is -0.170. The normalized spacial score (nSPS) is 17.0. The van der Waals surface area contributed by atoms with Gasteiger partial charge in [0.1, 0.15) is 5.82 Å². The molecule has 3 rings (SSSR count). The molecule has 0 aromatic heterocycles.